The zero-order chi connectivity index (χ0) is 14.5. The Kier molecular flexibility index (Phi) is 4.90. The van der Waals surface area contributed by atoms with E-state index in [0.717, 1.165) is 28.0 Å². The number of anilines is 1. The number of rotatable bonds is 5. The quantitative estimate of drug-likeness (QED) is 0.879. The minimum absolute atomic E-state index is 0.715. The third-order valence-corrected chi connectivity index (χ3v) is 3.60. The van der Waals surface area contributed by atoms with Gasteiger partial charge < -0.3 is 14.8 Å². The van der Waals surface area contributed by atoms with Crippen LogP contribution in [0.5, 0.6) is 11.5 Å². The van der Waals surface area contributed by atoms with Gasteiger partial charge in [-0.15, -0.1) is 0 Å². The first-order valence-electron chi connectivity index (χ1n) is 6.35. The van der Waals surface area contributed by atoms with Crippen molar-refractivity contribution in [3.05, 3.63) is 52.0 Å². The monoisotopic (exact) mass is 335 g/mol. The van der Waals surface area contributed by atoms with Crippen LogP contribution in [0.4, 0.5) is 5.69 Å². The van der Waals surface area contributed by atoms with E-state index < -0.39 is 0 Å². The molecular weight excluding hydrogens is 318 g/mol. The maximum atomic E-state index is 5.35. The van der Waals surface area contributed by atoms with Gasteiger partial charge in [-0.2, -0.15) is 0 Å². The summed E-state index contributed by atoms with van der Waals surface area (Å²) in [6.45, 7) is 2.81. The Hall–Kier alpha value is -1.68. The summed E-state index contributed by atoms with van der Waals surface area (Å²) in [5.41, 5.74) is 3.47. The third-order valence-electron chi connectivity index (χ3n) is 3.01. The van der Waals surface area contributed by atoms with Gasteiger partial charge >= 0.3 is 0 Å². The van der Waals surface area contributed by atoms with Crippen molar-refractivity contribution in [2.24, 2.45) is 0 Å². The van der Waals surface area contributed by atoms with Crippen LogP contribution in [0.3, 0.4) is 0 Å². The molecule has 0 unspecified atom stereocenters. The van der Waals surface area contributed by atoms with Crippen molar-refractivity contribution < 1.29 is 9.47 Å². The standard InChI is InChI=1S/C16H18BrNO2/c1-11-5-4-6-13(7-11)18-10-12-8-14(17)16(20-3)15(9-12)19-2/h4-9,18H,10H2,1-3H3. The minimum Gasteiger partial charge on any atom is -0.493 e. The molecule has 0 amide bonds. The first-order chi connectivity index (χ1) is 9.63. The predicted molar refractivity (Wildman–Crippen MR) is 85.8 cm³/mol. The highest BCUT2D eigenvalue weighted by molar-refractivity contribution is 9.10. The van der Waals surface area contributed by atoms with Crippen molar-refractivity contribution in [1.29, 1.82) is 0 Å². The Balaban J connectivity index is 2.16. The highest BCUT2D eigenvalue weighted by atomic mass is 79.9. The summed E-state index contributed by atoms with van der Waals surface area (Å²) >= 11 is 3.50. The van der Waals surface area contributed by atoms with Crippen molar-refractivity contribution in [3.8, 4) is 11.5 Å². The minimum atomic E-state index is 0.715. The van der Waals surface area contributed by atoms with Gasteiger partial charge in [0.05, 0.1) is 18.7 Å². The Bertz CT molecular complexity index is 599. The van der Waals surface area contributed by atoms with E-state index in [1.165, 1.54) is 5.56 Å². The van der Waals surface area contributed by atoms with Crippen LogP contribution in [-0.2, 0) is 6.54 Å². The zero-order valence-corrected chi connectivity index (χ0v) is 13.5. The van der Waals surface area contributed by atoms with Gasteiger partial charge in [-0.25, -0.2) is 0 Å². The van der Waals surface area contributed by atoms with Gasteiger partial charge in [0.15, 0.2) is 11.5 Å². The average Bonchev–Trinajstić information content (AvgIpc) is 2.44. The fraction of sp³-hybridized carbons (Fsp3) is 0.250. The van der Waals surface area contributed by atoms with E-state index in [0.29, 0.717) is 5.75 Å². The summed E-state index contributed by atoms with van der Waals surface area (Å²) in [4.78, 5) is 0. The van der Waals surface area contributed by atoms with Crippen molar-refractivity contribution >= 4 is 21.6 Å². The second kappa shape index (κ2) is 6.66. The SMILES string of the molecule is COc1cc(CNc2cccc(C)c2)cc(Br)c1OC. The van der Waals surface area contributed by atoms with Crippen LogP contribution < -0.4 is 14.8 Å². The molecule has 0 aliphatic rings. The fourth-order valence-electron chi connectivity index (χ4n) is 2.03. The smallest absolute Gasteiger partial charge is 0.174 e. The molecule has 0 heterocycles. The molecule has 0 saturated carbocycles. The van der Waals surface area contributed by atoms with E-state index in [1.54, 1.807) is 14.2 Å². The third kappa shape index (κ3) is 3.45. The largest absolute Gasteiger partial charge is 0.493 e. The van der Waals surface area contributed by atoms with Crippen LogP contribution in [-0.4, -0.2) is 14.2 Å². The van der Waals surface area contributed by atoms with Gasteiger partial charge in [0.1, 0.15) is 0 Å². The molecule has 0 bridgehead atoms. The molecule has 0 spiro atoms. The van der Waals surface area contributed by atoms with Gasteiger partial charge in [0.2, 0.25) is 0 Å². The highest BCUT2D eigenvalue weighted by Crippen LogP contribution is 2.36. The first-order valence-corrected chi connectivity index (χ1v) is 7.14. The molecule has 0 aliphatic heterocycles. The Morgan fingerprint density at radius 3 is 2.55 bits per heavy atom. The van der Waals surface area contributed by atoms with Gasteiger partial charge in [-0.3, -0.25) is 0 Å². The maximum absolute atomic E-state index is 5.35. The lowest BCUT2D eigenvalue weighted by atomic mass is 10.2. The summed E-state index contributed by atoms with van der Waals surface area (Å²) in [5, 5.41) is 3.40. The summed E-state index contributed by atoms with van der Waals surface area (Å²) in [6, 6.07) is 12.3. The molecular formula is C16H18BrNO2. The van der Waals surface area contributed by atoms with Crippen molar-refractivity contribution in [2.45, 2.75) is 13.5 Å². The van der Waals surface area contributed by atoms with E-state index in [1.807, 2.05) is 18.2 Å². The molecule has 2 aromatic carbocycles. The van der Waals surface area contributed by atoms with Crippen LogP contribution in [0.25, 0.3) is 0 Å². The number of hydrogen-bond donors (Lipinski definition) is 1. The first kappa shape index (κ1) is 14.7. The summed E-state index contributed by atoms with van der Waals surface area (Å²) in [5.74, 6) is 1.44. The van der Waals surface area contributed by atoms with Gasteiger partial charge in [-0.1, -0.05) is 12.1 Å². The number of halogens is 1. The van der Waals surface area contributed by atoms with Gasteiger partial charge in [0.25, 0.3) is 0 Å². The molecule has 0 aromatic heterocycles. The van der Waals surface area contributed by atoms with Crippen LogP contribution >= 0.6 is 15.9 Å². The van der Waals surface area contributed by atoms with Crippen LogP contribution in [0.15, 0.2) is 40.9 Å². The average molecular weight is 336 g/mol. The number of methoxy groups -OCH3 is 2. The fourth-order valence-corrected chi connectivity index (χ4v) is 2.68. The Morgan fingerprint density at radius 2 is 1.90 bits per heavy atom. The second-order valence-electron chi connectivity index (χ2n) is 4.54. The normalized spacial score (nSPS) is 10.2. The Morgan fingerprint density at radius 1 is 1.10 bits per heavy atom. The second-order valence-corrected chi connectivity index (χ2v) is 5.39. The molecule has 0 radical (unpaired) electrons. The summed E-state index contributed by atoms with van der Waals surface area (Å²) in [7, 11) is 3.27. The van der Waals surface area contributed by atoms with Crippen LogP contribution in [0, 0.1) is 6.92 Å². The van der Waals surface area contributed by atoms with Crippen molar-refractivity contribution in [3.63, 3.8) is 0 Å². The molecule has 3 nitrogen and oxygen atoms in total. The van der Waals surface area contributed by atoms with E-state index in [-0.39, 0.29) is 0 Å². The highest BCUT2D eigenvalue weighted by Gasteiger charge is 2.10. The van der Waals surface area contributed by atoms with E-state index in [4.69, 9.17) is 9.47 Å². The molecule has 2 rings (SSSR count). The molecule has 106 valence electrons. The summed E-state index contributed by atoms with van der Waals surface area (Å²) in [6.07, 6.45) is 0. The molecule has 0 fully saturated rings. The van der Waals surface area contributed by atoms with Crippen LogP contribution in [0.2, 0.25) is 0 Å². The van der Waals surface area contributed by atoms with Crippen LogP contribution in [0.1, 0.15) is 11.1 Å². The van der Waals surface area contributed by atoms with E-state index in [2.05, 4.69) is 46.4 Å². The molecule has 1 N–H and O–H groups in total. The topological polar surface area (TPSA) is 30.5 Å². The number of ether oxygens (including phenoxy) is 2. The van der Waals surface area contributed by atoms with Crippen molar-refractivity contribution in [2.75, 3.05) is 19.5 Å². The van der Waals surface area contributed by atoms with Gasteiger partial charge in [-0.05, 0) is 58.2 Å². The van der Waals surface area contributed by atoms with E-state index >= 15 is 0 Å². The zero-order valence-electron chi connectivity index (χ0n) is 11.9. The molecule has 0 aliphatic carbocycles. The number of hydrogen-bond acceptors (Lipinski definition) is 3. The number of benzene rings is 2. The molecule has 0 atom stereocenters. The Labute approximate surface area is 128 Å². The molecule has 2 aromatic rings. The summed E-state index contributed by atoms with van der Waals surface area (Å²) < 4.78 is 11.5. The maximum Gasteiger partial charge on any atom is 0.174 e. The molecule has 20 heavy (non-hydrogen) atoms. The number of aryl methyl sites for hydroxylation is 1. The number of nitrogens with one attached hydrogen (secondary N) is 1. The van der Waals surface area contributed by atoms with Gasteiger partial charge in [0, 0.05) is 12.2 Å². The molecule has 0 saturated heterocycles. The predicted octanol–water partition coefficient (Wildman–Crippen LogP) is 4.39. The lowest BCUT2D eigenvalue weighted by Crippen LogP contribution is -2.01. The van der Waals surface area contributed by atoms with Crippen molar-refractivity contribution in [1.82, 2.24) is 0 Å². The van der Waals surface area contributed by atoms with E-state index in [9.17, 15) is 0 Å². The lowest BCUT2D eigenvalue weighted by molar-refractivity contribution is 0.352. The lowest BCUT2D eigenvalue weighted by Gasteiger charge is -2.13. The molecule has 4 heteroatoms.